The Kier molecular flexibility index (Phi) is 14.1. The molecule has 5 aliphatic rings. The van der Waals surface area contributed by atoms with Gasteiger partial charge in [0.2, 0.25) is 0 Å². The van der Waals surface area contributed by atoms with Gasteiger partial charge >= 0.3 is 37.9 Å². The maximum absolute atomic E-state index is 5.41. The molecule has 0 amide bonds. The monoisotopic (exact) mass is 599 g/mol. The molecule has 0 N–H and O–H groups in total. The molecule has 0 aromatic heterocycles. The predicted molar refractivity (Wildman–Crippen MR) is 151 cm³/mol. The fraction of sp³-hybridized carbons (Fsp3) is 0.733. The van der Waals surface area contributed by atoms with Gasteiger partial charge in [0.25, 0.3) is 0 Å². The van der Waals surface area contributed by atoms with E-state index in [0.717, 1.165) is 47.4 Å². The number of ether oxygens (including phenoxy) is 1. The molecule has 5 fully saturated rings. The van der Waals surface area contributed by atoms with Crippen molar-refractivity contribution in [1.29, 1.82) is 0 Å². The summed E-state index contributed by atoms with van der Waals surface area (Å²) >= 11 is -0.826. The van der Waals surface area contributed by atoms with E-state index >= 15 is 0 Å². The quantitative estimate of drug-likeness (QED) is 0.313. The van der Waals surface area contributed by atoms with Crippen LogP contribution in [0.3, 0.4) is 0 Å². The van der Waals surface area contributed by atoms with Crippen LogP contribution in [-0.2, 0) is 20.8 Å². The Morgan fingerprint density at radius 3 is 1.97 bits per heavy atom. The van der Waals surface area contributed by atoms with Gasteiger partial charge in [0, 0.05) is 17.8 Å². The summed E-state index contributed by atoms with van der Waals surface area (Å²) in [4.78, 5) is 2.91. The first kappa shape index (κ1) is 31.5. The normalized spacial score (nSPS) is 34.2. The van der Waals surface area contributed by atoms with Crippen LogP contribution in [0.1, 0.15) is 90.4 Å². The summed E-state index contributed by atoms with van der Waals surface area (Å²) in [6.07, 6.45) is 19.2. The third kappa shape index (κ3) is 7.44. The van der Waals surface area contributed by atoms with E-state index in [-0.39, 0.29) is 14.9 Å². The molecular weight excluding hydrogens is 552 g/mol. The summed E-state index contributed by atoms with van der Waals surface area (Å²) in [5.74, 6) is 5.80. The minimum atomic E-state index is -0.826. The van der Waals surface area contributed by atoms with E-state index in [1.165, 1.54) is 89.2 Å². The number of anilines is 1. The van der Waals surface area contributed by atoms with Gasteiger partial charge in [0.1, 0.15) is 5.75 Å². The van der Waals surface area contributed by atoms with E-state index in [2.05, 4.69) is 36.1 Å². The van der Waals surface area contributed by atoms with Crippen molar-refractivity contribution in [2.24, 2.45) is 29.6 Å². The van der Waals surface area contributed by atoms with Gasteiger partial charge in [-0.25, -0.2) is 0 Å². The van der Waals surface area contributed by atoms with E-state index < -0.39 is 20.8 Å². The van der Waals surface area contributed by atoms with Gasteiger partial charge in [-0.2, -0.15) is 0 Å². The second kappa shape index (κ2) is 15.6. The van der Waals surface area contributed by atoms with Crippen LogP contribution >= 0.6 is 17.0 Å². The van der Waals surface area contributed by atoms with Crippen molar-refractivity contribution in [3.63, 3.8) is 0 Å². The predicted octanol–water partition coefficient (Wildman–Crippen LogP) is 9.74. The fourth-order valence-electron chi connectivity index (χ4n) is 8.06. The van der Waals surface area contributed by atoms with E-state index in [4.69, 9.17) is 21.8 Å². The molecule has 1 aromatic carbocycles. The minimum absolute atomic E-state index is 0. The average Bonchev–Trinajstić information content (AvgIpc) is 3.58. The topological polar surface area (TPSA) is 12.5 Å². The van der Waals surface area contributed by atoms with Crippen LogP contribution < -0.4 is 9.64 Å². The van der Waals surface area contributed by atoms with E-state index in [0.29, 0.717) is 0 Å². The standard InChI is InChI=1S/C23H33NO.C5H10.2CH3.2ClH.Zr/c1-15-7-12-22-20(13-15)21-14-16-5-3-4-6-19(16)23(21)24(22)17-8-10-18(25-2)11-9-17;1-2-4-5-3-1;;;;;/h8-11,15-16,19-23H,3-7,12-14H2,1-2H3;1-5H2;2*1H3;2*1H;/q;;2*-1;;;+4/p-2. The Morgan fingerprint density at radius 1 is 0.771 bits per heavy atom. The van der Waals surface area contributed by atoms with Crippen molar-refractivity contribution in [2.45, 2.75) is 102 Å². The van der Waals surface area contributed by atoms with Gasteiger partial charge in [-0.15, -0.1) is 0 Å². The van der Waals surface area contributed by atoms with Gasteiger partial charge < -0.3 is 24.5 Å². The first-order chi connectivity index (χ1) is 16.2. The molecule has 0 spiro atoms. The Balaban J connectivity index is 0.000000375. The molecule has 6 rings (SSSR count). The fourth-order valence-corrected chi connectivity index (χ4v) is 8.06. The van der Waals surface area contributed by atoms with Crippen molar-refractivity contribution in [3.8, 4) is 5.75 Å². The van der Waals surface area contributed by atoms with Crippen LogP contribution in [0.25, 0.3) is 0 Å². The molecule has 198 valence electrons. The van der Waals surface area contributed by atoms with Crippen molar-refractivity contribution in [3.05, 3.63) is 39.1 Å². The zero-order valence-corrected chi connectivity index (χ0v) is 26.6. The van der Waals surface area contributed by atoms with E-state index in [1.807, 2.05) is 0 Å². The number of nitrogens with zero attached hydrogens (tertiary/aromatic N) is 1. The third-order valence-corrected chi connectivity index (χ3v) is 9.39. The molecule has 4 aliphatic carbocycles. The number of hydrogen-bond acceptors (Lipinski definition) is 2. The second-order valence-electron chi connectivity index (χ2n) is 11.2. The Morgan fingerprint density at radius 2 is 1.37 bits per heavy atom. The summed E-state index contributed by atoms with van der Waals surface area (Å²) < 4.78 is 5.41. The molecule has 7 unspecified atom stereocenters. The zero-order chi connectivity index (χ0) is 23.2. The third-order valence-electron chi connectivity index (χ3n) is 9.39. The van der Waals surface area contributed by atoms with E-state index in [1.54, 1.807) is 7.11 Å². The van der Waals surface area contributed by atoms with Crippen LogP contribution in [0.15, 0.2) is 24.3 Å². The van der Waals surface area contributed by atoms with Crippen molar-refractivity contribution >= 4 is 22.7 Å². The zero-order valence-electron chi connectivity index (χ0n) is 22.7. The van der Waals surface area contributed by atoms with Crippen molar-refractivity contribution < 1.29 is 25.6 Å². The Bertz CT molecular complexity index is 705. The Labute approximate surface area is 235 Å². The van der Waals surface area contributed by atoms with Crippen molar-refractivity contribution in [1.82, 2.24) is 0 Å². The number of fused-ring (bicyclic) bond motifs is 5. The summed E-state index contributed by atoms with van der Waals surface area (Å²) in [5, 5.41) is 0. The number of benzene rings is 1. The second-order valence-corrected chi connectivity index (χ2v) is 14.9. The van der Waals surface area contributed by atoms with E-state index in [9.17, 15) is 0 Å². The Hall–Kier alpha value is 0.283. The molecule has 1 aromatic rings. The number of hydrogen-bond donors (Lipinski definition) is 0. The molecular formula is C30H49Cl2NOZr. The first-order valence-electron chi connectivity index (χ1n) is 13.6. The molecule has 35 heavy (non-hydrogen) atoms. The maximum atomic E-state index is 5.41. The summed E-state index contributed by atoms with van der Waals surface area (Å²) in [7, 11) is 11.6. The molecule has 4 saturated carbocycles. The van der Waals surface area contributed by atoms with Gasteiger partial charge in [-0.3, -0.25) is 0 Å². The number of rotatable bonds is 2. The molecule has 0 radical (unpaired) electrons. The molecule has 2 nitrogen and oxygen atoms in total. The molecule has 0 bridgehead atoms. The molecule has 1 heterocycles. The molecule has 1 saturated heterocycles. The number of halogens is 2. The van der Waals surface area contributed by atoms with Gasteiger partial charge in [-0.05, 0) is 86.0 Å². The van der Waals surface area contributed by atoms with Gasteiger partial charge in [-0.1, -0.05) is 58.3 Å². The first-order valence-corrected chi connectivity index (χ1v) is 19.9. The van der Waals surface area contributed by atoms with Crippen LogP contribution in [0.4, 0.5) is 5.69 Å². The van der Waals surface area contributed by atoms with Crippen LogP contribution in [0, 0.1) is 44.4 Å². The molecule has 1 aliphatic heterocycles. The van der Waals surface area contributed by atoms with Gasteiger partial charge in [0.05, 0.1) is 7.11 Å². The summed E-state index contributed by atoms with van der Waals surface area (Å²) in [6.45, 7) is 2.49. The average molecular weight is 602 g/mol. The number of methoxy groups -OCH3 is 1. The SMILES string of the molecule is C1CCCC1.COc1ccc(N2C3CCC(C)CC3C3CC4CCCCC4C32)cc1.[CH3-].[CH3-].[Cl][Zr+2][Cl]. The molecule has 5 heteroatoms. The molecule has 7 atom stereocenters. The van der Waals surface area contributed by atoms with Crippen LogP contribution in [-0.4, -0.2) is 19.2 Å². The van der Waals surface area contributed by atoms with Gasteiger partial charge in [0.15, 0.2) is 0 Å². The van der Waals surface area contributed by atoms with Crippen LogP contribution in [0.2, 0.25) is 0 Å². The summed E-state index contributed by atoms with van der Waals surface area (Å²) in [6, 6.07) is 10.6. The van der Waals surface area contributed by atoms with Crippen LogP contribution in [0.5, 0.6) is 5.75 Å². The summed E-state index contributed by atoms with van der Waals surface area (Å²) in [5.41, 5.74) is 1.46. The van der Waals surface area contributed by atoms with Crippen molar-refractivity contribution in [2.75, 3.05) is 12.0 Å².